The summed E-state index contributed by atoms with van der Waals surface area (Å²) in [5.74, 6) is -0.647. The van der Waals surface area contributed by atoms with E-state index in [9.17, 15) is 9.18 Å². The van der Waals surface area contributed by atoms with Crippen molar-refractivity contribution in [3.05, 3.63) is 59.9 Å². The van der Waals surface area contributed by atoms with E-state index < -0.39 is 6.04 Å². The minimum Gasteiger partial charge on any atom is -0.464 e. The van der Waals surface area contributed by atoms with E-state index in [2.05, 4.69) is 10.3 Å². The number of benzene rings is 2. The average Bonchev–Trinajstić information content (AvgIpc) is 2.99. The van der Waals surface area contributed by atoms with Gasteiger partial charge in [0.2, 0.25) is 0 Å². The van der Waals surface area contributed by atoms with Gasteiger partial charge in [-0.05, 0) is 36.8 Å². The SMILES string of the molecule is CCOC(=O)[C@@H](Cc1ccc(F)cc1)Nc1nc2ccccc2s1. The second kappa shape index (κ2) is 7.40. The van der Waals surface area contributed by atoms with Crippen LogP contribution < -0.4 is 5.32 Å². The lowest BCUT2D eigenvalue weighted by Crippen LogP contribution is -2.33. The highest BCUT2D eigenvalue weighted by atomic mass is 32.1. The van der Waals surface area contributed by atoms with Crippen molar-refractivity contribution in [2.45, 2.75) is 19.4 Å². The molecule has 1 heterocycles. The lowest BCUT2D eigenvalue weighted by atomic mass is 10.1. The van der Waals surface area contributed by atoms with Crippen molar-refractivity contribution >= 4 is 32.7 Å². The first-order valence-electron chi connectivity index (χ1n) is 7.69. The molecule has 0 amide bonds. The van der Waals surface area contributed by atoms with Gasteiger partial charge in [0.25, 0.3) is 0 Å². The molecule has 124 valence electrons. The number of fused-ring (bicyclic) bond motifs is 1. The fourth-order valence-electron chi connectivity index (χ4n) is 2.38. The summed E-state index contributed by atoms with van der Waals surface area (Å²) in [7, 11) is 0. The lowest BCUT2D eigenvalue weighted by Gasteiger charge is -2.16. The zero-order chi connectivity index (χ0) is 16.9. The van der Waals surface area contributed by atoms with E-state index >= 15 is 0 Å². The van der Waals surface area contributed by atoms with Crippen molar-refractivity contribution in [1.29, 1.82) is 0 Å². The maximum Gasteiger partial charge on any atom is 0.328 e. The number of carbonyl (C=O) groups is 1. The molecular weight excluding hydrogens is 327 g/mol. The Balaban J connectivity index is 1.81. The summed E-state index contributed by atoms with van der Waals surface area (Å²) >= 11 is 1.48. The summed E-state index contributed by atoms with van der Waals surface area (Å²) in [5.41, 5.74) is 1.73. The molecule has 0 unspecified atom stereocenters. The highest BCUT2D eigenvalue weighted by molar-refractivity contribution is 7.22. The molecule has 1 N–H and O–H groups in total. The van der Waals surface area contributed by atoms with Crippen LogP contribution in [0.2, 0.25) is 0 Å². The largest absolute Gasteiger partial charge is 0.464 e. The number of aromatic nitrogens is 1. The zero-order valence-electron chi connectivity index (χ0n) is 13.2. The average molecular weight is 344 g/mol. The summed E-state index contributed by atoms with van der Waals surface area (Å²) in [5, 5.41) is 3.82. The summed E-state index contributed by atoms with van der Waals surface area (Å²) in [4.78, 5) is 16.7. The van der Waals surface area contributed by atoms with Gasteiger partial charge in [0.1, 0.15) is 11.9 Å². The Labute approximate surface area is 143 Å². The smallest absolute Gasteiger partial charge is 0.328 e. The van der Waals surface area contributed by atoms with Crippen molar-refractivity contribution in [3.8, 4) is 0 Å². The van der Waals surface area contributed by atoms with E-state index in [-0.39, 0.29) is 11.8 Å². The van der Waals surface area contributed by atoms with Crippen LogP contribution in [0, 0.1) is 5.82 Å². The Bertz CT molecular complexity index is 799. The Morgan fingerprint density at radius 3 is 2.71 bits per heavy atom. The number of thiazole rings is 1. The van der Waals surface area contributed by atoms with Crippen LogP contribution in [0.3, 0.4) is 0 Å². The van der Waals surface area contributed by atoms with Crippen LogP contribution >= 0.6 is 11.3 Å². The lowest BCUT2D eigenvalue weighted by molar-refractivity contribution is -0.144. The fraction of sp³-hybridized carbons (Fsp3) is 0.222. The number of anilines is 1. The first-order chi connectivity index (χ1) is 11.7. The summed E-state index contributed by atoms with van der Waals surface area (Å²) < 4.78 is 19.2. The molecule has 0 aliphatic carbocycles. The Kier molecular flexibility index (Phi) is 5.05. The summed E-state index contributed by atoms with van der Waals surface area (Å²) in [6.07, 6.45) is 0.398. The first-order valence-corrected chi connectivity index (χ1v) is 8.50. The number of esters is 1. The number of hydrogen-bond donors (Lipinski definition) is 1. The molecule has 4 nitrogen and oxygen atoms in total. The predicted molar refractivity (Wildman–Crippen MR) is 93.8 cm³/mol. The van der Waals surface area contributed by atoms with E-state index in [0.29, 0.717) is 18.2 Å². The van der Waals surface area contributed by atoms with Crippen LogP contribution in [0.5, 0.6) is 0 Å². The first kappa shape index (κ1) is 16.4. The van der Waals surface area contributed by atoms with Gasteiger partial charge in [0.05, 0.1) is 16.8 Å². The van der Waals surface area contributed by atoms with Gasteiger partial charge < -0.3 is 10.1 Å². The van der Waals surface area contributed by atoms with Crippen molar-refractivity contribution < 1.29 is 13.9 Å². The zero-order valence-corrected chi connectivity index (χ0v) is 14.0. The molecular formula is C18H17FN2O2S. The number of ether oxygens (including phenoxy) is 1. The Morgan fingerprint density at radius 2 is 2.00 bits per heavy atom. The molecule has 0 aliphatic rings. The minimum atomic E-state index is -0.573. The second-order valence-electron chi connectivity index (χ2n) is 5.27. The number of carbonyl (C=O) groups excluding carboxylic acids is 1. The Morgan fingerprint density at radius 1 is 1.25 bits per heavy atom. The van der Waals surface area contributed by atoms with Gasteiger partial charge in [0, 0.05) is 6.42 Å². The highest BCUT2D eigenvalue weighted by Gasteiger charge is 2.21. The van der Waals surface area contributed by atoms with Crippen molar-refractivity contribution in [1.82, 2.24) is 4.98 Å². The minimum absolute atomic E-state index is 0.300. The number of nitrogens with one attached hydrogen (secondary N) is 1. The third-order valence-corrected chi connectivity index (χ3v) is 4.48. The van der Waals surface area contributed by atoms with Crippen LogP contribution in [0.1, 0.15) is 12.5 Å². The van der Waals surface area contributed by atoms with E-state index in [1.807, 2.05) is 24.3 Å². The van der Waals surface area contributed by atoms with E-state index in [1.165, 1.54) is 23.5 Å². The van der Waals surface area contributed by atoms with Crippen molar-refractivity contribution in [2.24, 2.45) is 0 Å². The Hall–Kier alpha value is -2.47. The molecule has 1 atom stereocenters. The molecule has 0 bridgehead atoms. The molecule has 3 aromatic rings. The van der Waals surface area contributed by atoms with E-state index in [1.54, 1.807) is 19.1 Å². The van der Waals surface area contributed by atoms with Gasteiger partial charge in [-0.25, -0.2) is 14.2 Å². The molecule has 1 aromatic heterocycles. The quantitative estimate of drug-likeness (QED) is 0.686. The molecule has 0 spiro atoms. The van der Waals surface area contributed by atoms with Crippen LogP contribution in [0.25, 0.3) is 10.2 Å². The molecule has 0 radical (unpaired) electrons. The van der Waals surface area contributed by atoms with Crippen molar-refractivity contribution in [3.63, 3.8) is 0 Å². The maximum absolute atomic E-state index is 13.1. The van der Waals surface area contributed by atoms with Crippen LogP contribution in [0.4, 0.5) is 9.52 Å². The van der Waals surface area contributed by atoms with Gasteiger partial charge in [0.15, 0.2) is 5.13 Å². The fourth-order valence-corrected chi connectivity index (χ4v) is 3.29. The van der Waals surface area contributed by atoms with Crippen LogP contribution in [-0.2, 0) is 16.0 Å². The van der Waals surface area contributed by atoms with Gasteiger partial charge >= 0.3 is 5.97 Å². The van der Waals surface area contributed by atoms with Crippen molar-refractivity contribution in [2.75, 3.05) is 11.9 Å². The number of para-hydroxylation sites is 1. The molecule has 2 aromatic carbocycles. The van der Waals surface area contributed by atoms with Crippen LogP contribution in [0.15, 0.2) is 48.5 Å². The third kappa shape index (κ3) is 3.89. The second-order valence-corrected chi connectivity index (χ2v) is 6.30. The third-order valence-electron chi connectivity index (χ3n) is 3.52. The topological polar surface area (TPSA) is 51.2 Å². The van der Waals surface area contributed by atoms with Gasteiger partial charge in [-0.3, -0.25) is 0 Å². The monoisotopic (exact) mass is 344 g/mol. The van der Waals surface area contributed by atoms with Crippen LogP contribution in [-0.4, -0.2) is 23.6 Å². The number of nitrogens with zero attached hydrogens (tertiary/aromatic N) is 1. The van der Waals surface area contributed by atoms with Gasteiger partial charge in [-0.15, -0.1) is 0 Å². The molecule has 3 rings (SSSR count). The standard InChI is InChI=1S/C18H17FN2O2S/c1-2-23-17(22)15(11-12-7-9-13(19)10-8-12)21-18-20-14-5-3-4-6-16(14)24-18/h3-10,15H,2,11H2,1H3,(H,20,21)/t15-/m1/s1. The molecule has 0 fully saturated rings. The number of rotatable bonds is 6. The molecule has 6 heteroatoms. The predicted octanol–water partition coefficient (Wildman–Crippen LogP) is 4.02. The molecule has 24 heavy (non-hydrogen) atoms. The maximum atomic E-state index is 13.1. The highest BCUT2D eigenvalue weighted by Crippen LogP contribution is 2.26. The molecule has 0 saturated heterocycles. The van der Waals surface area contributed by atoms with Gasteiger partial charge in [-0.1, -0.05) is 35.6 Å². The molecule has 0 saturated carbocycles. The normalized spacial score (nSPS) is 12.1. The number of hydrogen-bond acceptors (Lipinski definition) is 5. The van der Waals surface area contributed by atoms with E-state index in [0.717, 1.165) is 15.8 Å². The summed E-state index contributed by atoms with van der Waals surface area (Å²) in [6.45, 7) is 2.07. The molecule has 0 aliphatic heterocycles. The summed E-state index contributed by atoms with van der Waals surface area (Å²) in [6, 6.07) is 13.3. The van der Waals surface area contributed by atoms with Gasteiger partial charge in [-0.2, -0.15) is 0 Å². The number of halogens is 1. The van der Waals surface area contributed by atoms with E-state index in [4.69, 9.17) is 4.74 Å².